The second kappa shape index (κ2) is 11.4. The number of rotatable bonds is 10. The molecule has 0 fully saturated rings. The van der Waals surface area contributed by atoms with Crippen molar-refractivity contribution in [1.82, 2.24) is 9.80 Å². The highest BCUT2D eigenvalue weighted by Gasteiger charge is 2.43. The van der Waals surface area contributed by atoms with Crippen LogP contribution in [0.1, 0.15) is 79.0 Å². The largest absolute Gasteiger partial charge is 0.465 e. The van der Waals surface area contributed by atoms with Crippen LogP contribution in [0, 0.1) is 5.41 Å². The molecule has 1 heterocycles. The molecule has 0 aromatic heterocycles. The molecule has 0 radical (unpaired) electrons. The van der Waals surface area contributed by atoms with Gasteiger partial charge < -0.3 is 19.4 Å². The predicted molar refractivity (Wildman–Crippen MR) is 142 cm³/mol. The van der Waals surface area contributed by atoms with Crippen molar-refractivity contribution in [3.8, 4) is 0 Å². The Kier molecular flexibility index (Phi) is 9.75. The number of benzene rings is 1. The quantitative estimate of drug-likeness (QED) is 0.351. The van der Waals surface area contributed by atoms with Gasteiger partial charge in [-0.25, -0.2) is 4.90 Å². The van der Waals surface area contributed by atoms with Gasteiger partial charge in [0.2, 0.25) is 0 Å². The predicted octanol–water partition coefficient (Wildman–Crippen LogP) is 4.67. The van der Waals surface area contributed by atoms with Crippen LogP contribution in [0.25, 0.3) is 0 Å². The van der Waals surface area contributed by atoms with E-state index < -0.39 is 20.8 Å². The molecule has 2 N–H and O–H groups in total. The smallest absolute Gasteiger partial charge is 0.320 e. The van der Waals surface area contributed by atoms with E-state index >= 15 is 0 Å². The lowest BCUT2D eigenvalue weighted by molar-refractivity contribution is -0.146. The molecule has 0 bridgehead atoms. The zero-order valence-electron chi connectivity index (χ0n) is 23.5. The van der Waals surface area contributed by atoms with Gasteiger partial charge in [-0.05, 0) is 37.4 Å². The summed E-state index contributed by atoms with van der Waals surface area (Å²) in [6.45, 7) is 22.7. The Morgan fingerprint density at radius 2 is 1.60 bits per heavy atom. The maximum Gasteiger partial charge on any atom is 0.320 e. The standard InChI is InChI=1S/C27H48N2O5Si/c1-11-33-23(30)18-28(19(2)26(3,4)5)16-20(34-35(9,10)27(6,7)8)17-29-24(31)21-14-12-13-15-22(21)25(29)32/h12-15,19-20,24-25,31-32H,11,16-18H2,1-10H3/t19?,20-,24-,25-/m1/s1. The molecule has 0 saturated carbocycles. The molecule has 8 heteroatoms. The van der Waals surface area contributed by atoms with Crippen LogP contribution < -0.4 is 0 Å². The van der Waals surface area contributed by atoms with Crippen LogP contribution in [-0.2, 0) is 14.0 Å². The Hall–Kier alpha value is -1.29. The lowest BCUT2D eigenvalue weighted by Crippen LogP contribution is -2.54. The summed E-state index contributed by atoms with van der Waals surface area (Å²) in [6.07, 6.45) is -2.15. The van der Waals surface area contributed by atoms with Gasteiger partial charge in [-0.2, -0.15) is 0 Å². The van der Waals surface area contributed by atoms with E-state index in [-0.39, 0.29) is 35.1 Å². The van der Waals surface area contributed by atoms with Gasteiger partial charge in [-0.3, -0.25) is 9.69 Å². The summed E-state index contributed by atoms with van der Waals surface area (Å²) in [5.74, 6) is -0.261. The van der Waals surface area contributed by atoms with Gasteiger partial charge in [0.15, 0.2) is 8.32 Å². The molecule has 0 amide bonds. The van der Waals surface area contributed by atoms with Crippen LogP contribution in [0.15, 0.2) is 24.3 Å². The third kappa shape index (κ3) is 7.37. The van der Waals surface area contributed by atoms with E-state index in [0.717, 1.165) is 11.1 Å². The summed E-state index contributed by atoms with van der Waals surface area (Å²) in [7, 11) is -2.20. The third-order valence-electron chi connectivity index (χ3n) is 7.74. The first-order valence-electron chi connectivity index (χ1n) is 12.8. The number of nitrogens with zero attached hydrogens (tertiary/aromatic N) is 2. The first-order chi connectivity index (χ1) is 16.0. The number of ether oxygens (including phenoxy) is 1. The van der Waals surface area contributed by atoms with E-state index in [9.17, 15) is 15.0 Å². The molecule has 200 valence electrons. The van der Waals surface area contributed by atoms with E-state index in [2.05, 4.69) is 66.5 Å². The molecule has 0 spiro atoms. The van der Waals surface area contributed by atoms with Gasteiger partial charge in [0, 0.05) is 30.3 Å². The summed E-state index contributed by atoms with van der Waals surface area (Å²) in [4.78, 5) is 16.3. The van der Waals surface area contributed by atoms with Crippen LogP contribution in [0.5, 0.6) is 0 Å². The number of carbonyl (C=O) groups is 1. The van der Waals surface area contributed by atoms with E-state index in [1.165, 1.54) is 0 Å². The number of carbonyl (C=O) groups excluding carboxylic acids is 1. The lowest BCUT2D eigenvalue weighted by Gasteiger charge is -2.44. The minimum absolute atomic E-state index is 0.0158. The van der Waals surface area contributed by atoms with Crippen molar-refractivity contribution in [3.63, 3.8) is 0 Å². The molecule has 1 aliphatic heterocycles. The van der Waals surface area contributed by atoms with Gasteiger partial charge in [0.1, 0.15) is 12.5 Å². The number of hydrogen-bond donors (Lipinski definition) is 2. The molecule has 4 atom stereocenters. The van der Waals surface area contributed by atoms with Crippen LogP contribution in [0.2, 0.25) is 18.1 Å². The van der Waals surface area contributed by atoms with Crippen molar-refractivity contribution >= 4 is 14.3 Å². The van der Waals surface area contributed by atoms with E-state index in [1.807, 2.05) is 31.2 Å². The Bertz CT molecular complexity index is 820. The monoisotopic (exact) mass is 508 g/mol. The maximum absolute atomic E-state index is 12.5. The summed E-state index contributed by atoms with van der Waals surface area (Å²) >= 11 is 0. The summed E-state index contributed by atoms with van der Waals surface area (Å²) in [5, 5.41) is 22.1. The maximum atomic E-state index is 12.5. The first kappa shape index (κ1) is 29.9. The number of fused-ring (bicyclic) bond motifs is 1. The van der Waals surface area contributed by atoms with Crippen molar-refractivity contribution in [2.24, 2.45) is 5.41 Å². The zero-order valence-corrected chi connectivity index (χ0v) is 24.5. The van der Waals surface area contributed by atoms with Crippen molar-refractivity contribution in [1.29, 1.82) is 0 Å². The van der Waals surface area contributed by atoms with Gasteiger partial charge >= 0.3 is 5.97 Å². The molecule has 2 rings (SSSR count). The fourth-order valence-corrected chi connectivity index (χ4v) is 5.51. The van der Waals surface area contributed by atoms with Crippen molar-refractivity contribution < 1.29 is 24.2 Å². The van der Waals surface area contributed by atoms with Crippen LogP contribution >= 0.6 is 0 Å². The van der Waals surface area contributed by atoms with Gasteiger partial charge in [-0.1, -0.05) is 65.8 Å². The molecule has 0 saturated heterocycles. The highest BCUT2D eigenvalue weighted by molar-refractivity contribution is 6.74. The van der Waals surface area contributed by atoms with Crippen LogP contribution in [0.3, 0.4) is 0 Å². The fraction of sp³-hybridized carbons (Fsp3) is 0.741. The van der Waals surface area contributed by atoms with E-state index in [4.69, 9.17) is 9.16 Å². The topological polar surface area (TPSA) is 82.5 Å². The molecule has 35 heavy (non-hydrogen) atoms. The average molecular weight is 509 g/mol. The molecular formula is C27H48N2O5Si. The highest BCUT2D eigenvalue weighted by Crippen LogP contribution is 2.41. The minimum atomic E-state index is -2.20. The average Bonchev–Trinajstić information content (AvgIpc) is 2.96. The molecule has 1 aromatic carbocycles. The zero-order chi connectivity index (χ0) is 26.8. The Labute approximate surface area is 213 Å². The van der Waals surface area contributed by atoms with Gasteiger partial charge in [0.25, 0.3) is 0 Å². The molecule has 1 aromatic rings. The lowest BCUT2D eigenvalue weighted by atomic mass is 9.86. The Morgan fingerprint density at radius 1 is 1.09 bits per heavy atom. The second-order valence-electron chi connectivity index (χ2n) is 12.3. The number of aliphatic hydroxyl groups is 2. The molecule has 1 unspecified atom stereocenters. The minimum Gasteiger partial charge on any atom is -0.465 e. The fourth-order valence-electron chi connectivity index (χ4n) is 4.17. The van der Waals surface area contributed by atoms with Crippen LogP contribution in [-0.4, -0.2) is 72.7 Å². The molecular weight excluding hydrogens is 460 g/mol. The van der Waals surface area contributed by atoms with Gasteiger partial charge in [-0.15, -0.1) is 0 Å². The summed E-state index contributed by atoms with van der Waals surface area (Å²) < 4.78 is 12.2. The molecule has 1 aliphatic rings. The van der Waals surface area contributed by atoms with E-state index in [1.54, 1.807) is 4.90 Å². The van der Waals surface area contributed by atoms with Gasteiger partial charge in [0.05, 0.1) is 19.3 Å². The number of hydrogen-bond acceptors (Lipinski definition) is 7. The highest BCUT2D eigenvalue weighted by atomic mass is 28.4. The summed E-state index contributed by atoms with van der Waals surface area (Å²) in [5.41, 5.74) is 1.37. The van der Waals surface area contributed by atoms with E-state index in [0.29, 0.717) is 19.7 Å². The van der Waals surface area contributed by atoms with Crippen LogP contribution in [0.4, 0.5) is 0 Å². The normalized spacial score (nSPS) is 21.2. The SMILES string of the molecule is CCOC(=O)CN(C[C@H](CN1[C@H](O)c2ccccc2[C@H]1O)O[Si](C)(C)C(C)(C)C)C(C)C(C)(C)C. The third-order valence-corrected chi connectivity index (χ3v) is 12.3. The van der Waals surface area contributed by atoms with Crippen molar-refractivity contribution in [2.75, 3.05) is 26.2 Å². The van der Waals surface area contributed by atoms with Crippen molar-refractivity contribution in [3.05, 3.63) is 35.4 Å². The molecule has 0 aliphatic carbocycles. The first-order valence-corrected chi connectivity index (χ1v) is 15.7. The molecule has 7 nitrogen and oxygen atoms in total. The summed E-state index contributed by atoms with van der Waals surface area (Å²) in [6, 6.07) is 7.51. The Morgan fingerprint density at radius 3 is 2.03 bits per heavy atom. The Balaban J connectivity index is 2.37. The number of aliphatic hydroxyl groups excluding tert-OH is 2. The number of esters is 1. The van der Waals surface area contributed by atoms with Crippen molar-refractivity contribution in [2.45, 2.75) is 98.1 Å². The second-order valence-corrected chi connectivity index (χ2v) is 17.1.